The maximum absolute atomic E-state index is 12.9. The number of amides is 3. The Morgan fingerprint density at radius 1 is 1.30 bits per heavy atom. The van der Waals surface area contributed by atoms with E-state index in [9.17, 15) is 14.0 Å². The Labute approximate surface area is 137 Å². The Bertz CT molecular complexity index is 685. The van der Waals surface area contributed by atoms with Gasteiger partial charge < -0.3 is 10.3 Å². The zero-order chi connectivity index (χ0) is 16.8. The van der Waals surface area contributed by atoms with Crippen molar-refractivity contribution in [3.05, 3.63) is 36.3 Å². The van der Waals surface area contributed by atoms with Crippen molar-refractivity contribution in [3.8, 4) is 11.3 Å². The van der Waals surface area contributed by atoms with Crippen molar-refractivity contribution < 1.29 is 14.0 Å². The van der Waals surface area contributed by atoms with Crippen LogP contribution in [0.5, 0.6) is 0 Å². The summed E-state index contributed by atoms with van der Waals surface area (Å²) in [6.07, 6.45) is 1.61. The van der Waals surface area contributed by atoms with Crippen molar-refractivity contribution in [1.82, 2.24) is 20.6 Å². The highest BCUT2D eigenvalue weighted by Gasteiger charge is 2.10. The molecular weight excluding hydrogens is 319 g/mol. The number of hydrogen-bond acceptors (Lipinski definition) is 4. The van der Waals surface area contributed by atoms with Crippen molar-refractivity contribution in [2.45, 2.75) is 25.0 Å². The lowest BCUT2D eigenvalue weighted by Crippen LogP contribution is -2.43. The number of H-pyrrole nitrogens is 1. The highest BCUT2D eigenvalue weighted by molar-refractivity contribution is 7.99. The number of imide groups is 1. The number of urea groups is 1. The van der Waals surface area contributed by atoms with Crippen molar-refractivity contribution >= 4 is 23.7 Å². The molecule has 6 nitrogen and oxygen atoms in total. The first-order valence-electron chi connectivity index (χ1n) is 6.98. The van der Waals surface area contributed by atoms with Gasteiger partial charge in [-0.3, -0.25) is 10.1 Å². The summed E-state index contributed by atoms with van der Waals surface area (Å²) in [6.45, 7) is 3.61. The van der Waals surface area contributed by atoms with Crippen LogP contribution in [0.15, 0.2) is 35.6 Å². The lowest BCUT2D eigenvalue weighted by Gasteiger charge is -2.08. The van der Waals surface area contributed by atoms with Gasteiger partial charge in [-0.2, -0.15) is 0 Å². The fourth-order valence-electron chi connectivity index (χ4n) is 1.75. The Kier molecular flexibility index (Phi) is 5.75. The number of thioether (sulfide) groups is 1. The number of rotatable bonds is 5. The van der Waals surface area contributed by atoms with E-state index in [2.05, 4.69) is 20.6 Å². The molecule has 2 aromatic rings. The highest BCUT2D eigenvalue weighted by Crippen LogP contribution is 2.21. The number of halogens is 1. The SMILES string of the molecule is CC(C)NC(=O)NC(=O)CSc1ncc(-c2ccc(F)cc2)[nH]1. The van der Waals surface area contributed by atoms with Crippen LogP contribution in [0, 0.1) is 5.82 Å². The molecule has 0 bridgehead atoms. The third kappa shape index (κ3) is 5.41. The molecule has 0 aliphatic carbocycles. The van der Waals surface area contributed by atoms with Crippen LogP contribution in [0.4, 0.5) is 9.18 Å². The number of carbonyl (C=O) groups is 2. The first-order valence-corrected chi connectivity index (χ1v) is 7.96. The summed E-state index contributed by atoms with van der Waals surface area (Å²) in [5.74, 6) is -0.658. The maximum atomic E-state index is 12.9. The first-order chi connectivity index (χ1) is 10.9. The van der Waals surface area contributed by atoms with Gasteiger partial charge in [0.1, 0.15) is 5.82 Å². The van der Waals surface area contributed by atoms with Gasteiger partial charge in [-0.15, -0.1) is 0 Å². The first kappa shape index (κ1) is 17.0. The van der Waals surface area contributed by atoms with Crippen molar-refractivity contribution in [1.29, 1.82) is 0 Å². The summed E-state index contributed by atoms with van der Waals surface area (Å²) in [5.41, 5.74) is 1.52. The molecule has 0 saturated carbocycles. The Balaban J connectivity index is 1.86. The van der Waals surface area contributed by atoms with Gasteiger partial charge in [0.2, 0.25) is 5.91 Å². The van der Waals surface area contributed by atoms with E-state index in [0.29, 0.717) is 5.16 Å². The van der Waals surface area contributed by atoms with Crippen LogP contribution in [0.2, 0.25) is 0 Å². The second kappa shape index (κ2) is 7.77. The monoisotopic (exact) mass is 336 g/mol. The van der Waals surface area contributed by atoms with E-state index >= 15 is 0 Å². The number of nitrogens with zero attached hydrogens (tertiary/aromatic N) is 1. The minimum atomic E-state index is -0.517. The minimum absolute atomic E-state index is 0.0428. The third-order valence-corrected chi connectivity index (χ3v) is 3.61. The molecule has 0 atom stereocenters. The molecule has 1 aromatic heterocycles. The lowest BCUT2D eigenvalue weighted by atomic mass is 10.2. The van der Waals surface area contributed by atoms with Gasteiger partial charge in [-0.25, -0.2) is 14.2 Å². The third-order valence-electron chi connectivity index (χ3n) is 2.72. The number of imidazole rings is 1. The fourth-order valence-corrected chi connectivity index (χ4v) is 2.40. The van der Waals surface area contributed by atoms with Gasteiger partial charge in [0.25, 0.3) is 0 Å². The lowest BCUT2D eigenvalue weighted by molar-refractivity contribution is -0.117. The molecule has 8 heteroatoms. The van der Waals surface area contributed by atoms with E-state index in [-0.39, 0.29) is 17.6 Å². The molecule has 1 heterocycles. The van der Waals surface area contributed by atoms with Gasteiger partial charge in [0, 0.05) is 6.04 Å². The molecule has 0 aliphatic heterocycles. The molecule has 122 valence electrons. The average molecular weight is 336 g/mol. The number of benzene rings is 1. The topological polar surface area (TPSA) is 86.9 Å². The molecule has 3 amide bonds. The van der Waals surface area contributed by atoms with Crippen molar-refractivity contribution in [2.75, 3.05) is 5.75 Å². The van der Waals surface area contributed by atoms with Crippen LogP contribution in [0.3, 0.4) is 0 Å². The zero-order valence-corrected chi connectivity index (χ0v) is 13.5. The molecule has 3 N–H and O–H groups in total. The van der Waals surface area contributed by atoms with Gasteiger partial charge in [-0.05, 0) is 43.7 Å². The molecule has 1 aromatic carbocycles. The number of carbonyl (C=O) groups excluding carboxylic acids is 2. The molecule has 23 heavy (non-hydrogen) atoms. The largest absolute Gasteiger partial charge is 0.336 e. The predicted molar refractivity (Wildman–Crippen MR) is 86.5 cm³/mol. The Morgan fingerprint density at radius 3 is 2.65 bits per heavy atom. The van der Waals surface area contributed by atoms with E-state index in [0.717, 1.165) is 11.3 Å². The van der Waals surface area contributed by atoms with E-state index in [4.69, 9.17) is 0 Å². The summed E-state index contributed by atoms with van der Waals surface area (Å²) in [4.78, 5) is 30.2. The fraction of sp³-hybridized carbons (Fsp3) is 0.267. The standard InChI is InChI=1S/C15H17FN4O2S/c1-9(2)18-14(22)20-13(21)8-23-15-17-7-12(19-15)10-3-5-11(16)6-4-10/h3-7,9H,8H2,1-2H3,(H,17,19)(H2,18,20,21,22). The molecule has 0 aliphatic rings. The Morgan fingerprint density at radius 2 is 2.00 bits per heavy atom. The molecule has 0 spiro atoms. The molecule has 0 fully saturated rings. The van der Waals surface area contributed by atoms with E-state index in [1.807, 2.05) is 0 Å². The number of nitrogens with one attached hydrogen (secondary N) is 3. The van der Waals surface area contributed by atoms with Crippen LogP contribution in [0.25, 0.3) is 11.3 Å². The van der Waals surface area contributed by atoms with E-state index in [1.165, 1.54) is 23.9 Å². The summed E-state index contributed by atoms with van der Waals surface area (Å²) in [7, 11) is 0. The number of aromatic amines is 1. The summed E-state index contributed by atoms with van der Waals surface area (Å²) >= 11 is 1.18. The summed E-state index contributed by atoms with van der Waals surface area (Å²) in [6, 6.07) is 5.45. The average Bonchev–Trinajstić information content (AvgIpc) is 2.94. The van der Waals surface area contributed by atoms with E-state index in [1.54, 1.807) is 32.2 Å². The highest BCUT2D eigenvalue weighted by atomic mass is 32.2. The second-order valence-corrected chi connectivity index (χ2v) is 6.04. The summed E-state index contributed by atoms with van der Waals surface area (Å²) in [5, 5.41) is 5.35. The Hall–Kier alpha value is -2.35. The quantitative estimate of drug-likeness (QED) is 0.732. The molecule has 2 rings (SSSR count). The maximum Gasteiger partial charge on any atom is 0.321 e. The number of hydrogen-bond donors (Lipinski definition) is 3. The summed E-state index contributed by atoms with van der Waals surface area (Å²) < 4.78 is 12.9. The van der Waals surface area contributed by atoms with Crippen molar-refractivity contribution in [2.24, 2.45) is 0 Å². The van der Waals surface area contributed by atoms with Gasteiger partial charge >= 0.3 is 6.03 Å². The van der Waals surface area contributed by atoms with Crippen LogP contribution in [0.1, 0.15) is 13.8 Å². The minimum Gasteiger partial charge on any atom is -0.336 e. The second-order valence-electron chi connectivity index (χ2n) is 5.07. The normalized spacial score (nSPS) is 10.6. The van der Waals surface area contributed by atoms with Gasteiger partial charge in [-0.1, -0.05) is 11.8 Å². The number of aromatic nitrogens is 2. The zero-order valence-electron chi connectivity index (χ0n) is 12.7. The molecule has 0 saturated heterocycles. The van der Waals surface area contributed by atoms with Gasteiger partial charge in [0.05, 0.1) is 17.6 Å². The van der Waals surface area contributed by atoms with Crippen LogP contribution < -0.4 is 10.6 Å². The van der Waals surface area contributed by atoms with Crippen LogP contribution >= 0.6 is 11.8 Å². The van der Waals surface area contributed by atoms with Crippen LogP contribution in [-0.4, -0.2) is 33.7 Å². The van der Waals surface area contributed by atoms with E-state index < -0.39 is 11.9 Å². The predicted octanol–water partition coefficient (Wildman–Crippen LogP) is 2.54. The molecule has 0 radical (unpaired) electrons. The van der Waals surface area contributed by atoms with Crippen LogP contribution in [-0.2, 0) is 4.79 Å². The molecule has 0 unspecified atom stereocenters. The van der Waals surface area contributed by atoms with Gasteiger partial charge in [0.15, 0.2) is 5.16 Å². The van der Waals surface area contributed by atoms with Crippen molar-refractivity contribution in [3.63, 3.8) is 0 Å². The smallest absolute Gasteiger partial charge is 0.321 e. The molecular formula is C15H17FN4O2S.